The highest BCUT2D eigenvalue weighted by molar-refractivity contribution is 6.33. The minimum atomic E-state index is 0.0141. The number of carbonyl (C=O) groups is 1. The molecule has 1 unspecified atom stereocenters. The fraction of sp³-hybridized carbons (Fsp3) is 0.562. The van der Waals surface area contributed by atoms with Crippen LogP contribution in [-0.4, -0.2) is 11.9 Å². The largest absolute Gasteiger partial charge is 0.381 e. The monoisotopic (exact) mass is 294 g/mol. The first-order chi connectivity index (χ1) is 9.39. The molecule has 0 saturated heterocycles. The van der Waals surface area contributed by atoms with Gasteiger partial charge < -0.3 is 10.6 Å². The number of halogens is 1. The van der Waals surface area contributed by atoms with Crippen LogP contribution < -0.4 is 10.6 Å². The molecule has 4 heteroatoms. The summed E-state index contributed by atoms with van der Waals surface area (Å²) < 4.78 is 0. The van der Waals surface area contributed by atoms with Gasteiger partial charge in [-0.15, -0.1) is 0 Å². The summed E-state index contributed by atoms with van der Waals surface area (Å²) in [6.07, 6.45) is 4.01. The summed E-state index contributed by atoms with van der Waals surface area (Å²) in [7, 11) is 0. The van der Waals surface area contributed by atoms with Gasteiger partial charge in [0.05, 0.1) is 10.7 Å². The summed E-state index contributed by atoms with van der Waals surface area (Å²) >= 11 is 6.24. The number of benzene rings is 1. The zero-order valence-electron chi connectivity index (χ0n) is 12.4. The molecule has 1 atom stereocenters. The van der Waals surface area contributed by atoms with E-state index < -0.39 is 0 Å². The van der Waals surface area contributed by atoms with Crippen LogP contribution in [0.1, 0.15) is 46.5 Å². The van der Waals surface area contributed by atoms with Crippen LogP contribution in [0.3, 0.4) is 0 Å². The van der Waals surface area contributed by atoms with Crippen LogP contribution in [0, 0.1) is 5.41 Å². The van der Waals surface area contributed by atoms with Crippen molar-refractivity contribution in [3.8, 4) is 0 Å². The van der Waals surface area contributed by atoms with Gasteiger partial charge in [-0.1, -0.05) is 32.4 Å². The Hall–Kier alpha value is -1.22. The Morgan fingerprint density at radius 3 is 2.80 bits per heavy atom. The second kappa shape index (κ2) is 6.04. The van der Waals surface area contributed by atoms with E-state index in [9.17, 15) is 4.79 Å². The molecule has 0 heterocycles. The van der Waals surface area contributed by atoms with Gasteiger partial charge in [0, 0.05) is 18.2 Å². The van der Waals surface area contributed by atoms with E-state index in [1.165, 1.54) is 6.42 Å². The molecule has 0 spiro atoms. The number of hydrogen-bond donors (Lipinski definition) is 2. The number of amides is 1. The third-order valence-corrected chi connectivity index (χ3v) is 4.23. The fourth-order valence-electron chi connectivity index (χ4n) is 2.74. The van der Waals surface area contributed by atoms with Gasteiger partial charge in [0.1, 0.15) is 0 Å². The molecule has 2 rings (SSSR count). The highest BCUT2D eigenvalue weighted by Gasteiger charge is 2.30. The van der Waals surface area contributed by atoms with Crippen LogP contribution in [-0.2, 0) is 4.79 Å². The van der Waals surface area contributed by atoms with Gasteiger partial charge in [-0.2, -0.15) is 0 Å². The second-order valence-electron chi connectivity index (χ2n) is 6.34. The molecule has 1 aromatic carbocycles. The Bertz CT molecular complexity index is 499. The second-order valence-corrected chi connectivity index (χ2v) is 6.75. The maximum atomic E-state index is 11.4. The molecule has 1 amide bonds. The van der Waals surface area contributed by atoms with Crippen molar-refractivity contribution in [2.24, 2.45) is 5.41 Å². The van der Waals surface area contributed by atoms with Crippen molar-refractivity contribution in [2.75, 3.05) is 10.6 Å². The molecule has 1 saturated carbocycles. The van der Waals surface area contributed by atoms with Crippen LogP contribution >= 0.6 is 11.6 Å². The SMILES string of the molecule is CCC(=O)Nc1ccc(Cl)c(NC2CCC(C)(C)C2)c1. The van der Waals surface area contributed by atoms with E-state index in [0.717, 1.165) is 24.2 Å². The third kappa shape index (κ3) is 3.89. The Labute approximate surface area is 126 Å². The molecule has 1 aliphatic carbocycles. The number of nitrogens with one attached hydrogen (secondary N) is 2. The summed E-state index contributed by atoms with van der Waals surface area (Å²) in [6.45, 7) is 6.44. The van der Waals surface area contributed by atoms with Gasteiger partial charge in [0.25, 0.3) is 0 Å². The minimum Gasteiger partial charge on any atom is -0.381 e. The molecule has 1 fully saturated rings. The van der Waals surface area contributed by atoms with Gasteiger partial charge in [-0.3, -0.25) is 4.79 Å². The smallest absolute Gasteiger partial charge is 0.224 e. The molecule has 0 aromatic heterocycles. The zero-order valence-corrected chi connectivity index (χ0v) is 13.2. The van der Waals surface area contributed by atoms with Crippen molar-refractivity contribution >= 4 is 28.9 Å². The minimum absolute atomic E-state index is 0.0141. The van der Waals surface area contributed by atoms with Gasteiger partial charge in [-0.25, -0.2) is 0 Å². The molecule has 3 nitrogen and oxygen atoms in total. The molecular formula is C16H23ClN2O. The van der Waals surface area contributed by atoms with Gasteiger partial charge in [-0.05, 0) is 42.9 Å². The van der Waals surface area contributed by atoms with Crippen molar-refractivity contribution in [3.05, 3.63) is 23.2 Å². The van der Waals surface area contributed by atoms with Gasteiger partial charge in [0.15, 0.2) is 0 Å². The van der Waals surface area contributed by atoms with Crippen LogP contribution in [0.25, 0.3) is 0 Å². The zero-order chi connectivity index (χ0) is 14.8. The normalized spacial score (nSPS) is 20.7. The van der Waals surface area contributed by atoms with E-state index in [1.807, 2.05) is 25.1 Å². The van der Waals surface area contributed by atoms with Crippen molar-refractivity contribution in [1.29, 1.82) is 0 Å². The van der Waals surface area contributed by atoms with E-state index in [4.69, 9.17) is 11.6 Å². The molecule has 0 aliphatic heterocycles. The summed E-state index contributed by atoms with van der Waals surface area (Å²) in [5.41, 5.74) is 2.10. The lowest BCUT2D eigenvalue weighted by Gasteiger charge is -2.19. The summed E-state index contributed by atoms with van der Waals surface area (Å²) in [4.78, 5) is 11.4. The van der Waals surface area contributed by atoms with Crippen molar-refractivity contribution in [3.63, 3.8) is 0 Å². The molecule has 110 valence electrons. The Morgan fingerprint density at radius 2 is 2.20 bits per heavy atom. The highest BCUT2D eigenvalue weighted by Crippen LogP contribution is 2.39. The number of carbonyl (C=O) groups excluding carboxylic acids is 1. The topological polar surface area (TPSA) is 41.1 Å². The molecule has 0 bridgehead atoms. The molecule has 2 N–H and O–H groups in total. The van der Waals surface area contributed by atoms with Crippen LogP contribution in [0.5, 0.6) is 0 Å². The summed E-state index contributed by atoms with van der Waals surface area (Å²) in [5.74, 6) is 0.0141. The van der Waals surface area contributed by atoms with Crippen molar-refractivity contribution in [1.82, 2.24) is 0 Å². The van der Waals surface area contributed by atoms with Crippen molar-refractivity contribution < 1.29 is 4.79 Å². The summed E-state index contributed by atoms with van der Waals surface area (Å²) in [5, 5.41) is 7.07. The lowest BCUT2D eigenvalue weighted by molar-refractivity contribution is -0.115. The lowest BCUT2D eigenvalue weighted by Crippen LogP contribution is -2.18. The van der Waals surface area contributed by atoms with Crippen LogP contribution in [0.4, 0.5) is 11.4 Å². The van der Waals surface area contributed by atoms with Crippen LogP contribution in [0.2, 0.25) is 5.02 Å². The first-order valence-corrected chi connectivity index (χ1v) is 7.63. The summed E-state index contributed by atoms with van der Waals surface area (Å²) in [6, 6.07) is 6.04. The third-order valence-electron chi connectivity index (χ3n) is 3.90. The van der Waals surface area contributed by atoms with Crippen molar-refractivity contribution in [2.45, 2.75) is 52.5 Å². The Kier molecular flexibility index (Phi) is 4.59. The molecule has 1 aliphatic rings. The average molecular weight is 295 g/mol. The van der Waals surface area contributed by atoms with E-state index in [2.05, 4.69) is 24.5 Å². The number of anilines is 2. The standard InChI is InChI=1S/C16H23ClN2O/c1-4-15(20)19-11-5-6-13(17)14(9-11)18-12-7-8-16(2,3)10-12/h5-6,9,12,18H,4,7-8,10H2,1-3H3,(H,19,20). The maximum absolute atomic E-state index is 11.4. The first kappa shape index (κ1) is 15.2. The number of hydrogen-bond acceptors (Lipinski definition) is 2. The molecule has 1 aromatic rings. The van der Waals surface area contributed by atoms with E-state index in [1.54, 1.807) is 0 Å². The van der Waals surface area contributed by atoms with Gasteiger partial charge in [0.2, 0.25) is 5.91 Å². The van der Waals surface area contributed by atoms with Crippen LogP contribution in [0.15, 0.2) is 18.2 Å². The quantitative estimate of drug-likeness (QED) is 0.846. The van der Waals surface area contributed by atoms with Gasteiger partial charge >= 0.3 is 0 Å². The molecule has 0 radical (unpaired) electrons. The molecule has 20 heavy (non-hydrogen) atoms. The fourth-order valence-corrected chi connectivity index (χ4v) is 2.91. The number of rotatable bonds is 4. The Balaban J connectivity index is 2.07. The van der Waals surface area contributed by atoms with E-state index >= 15 is 0 Å². The molecular weight excluding hydrogens is 272 g/mol. The maximum Gasteiger partial charge on any atom is 0.224 e. The predicted octanol–water partition coefficient (Wildman–Crippen LogP) is 4.68. The Morgan fingerprint density at radius 1 is 1.45 bits per heavy atom. The first-order valence-electron chi connectivity index (χ1n) is 7.25. The average Bonchev–Trinajstić information content (AvgIpc) is 2.72. The van der Waals surface area contributed by atoms with E-state index in [-0.39, 0.29) is 5.91 Å². The lowest BCUT2D eigenvalue weighted by atomic mass is 9.92. The van der Waals surface area contributed by atoms with E-state index in [0.29, 0.717) is 22.9 Å². The predicted molar refractivity (Wildman–Crippen MR) is 85.4 cm³/mol. The highest BCUT2D eigenvalue weighted by atomic mass is 35.5.